The number of hydrogen-bond donors (Lipinski definition) is 19. The minimum atomic E-state index is -2.00. The van der Waals surface area contributed by atoms with Crippen molar-refractivity contribution in [3.05, 3.63) is 0 Å². The number of carbonyl (C=O) groups is 14. The molecule has 0 aliphatic rings. The number of hydrogen-bond acceptors (Lipinski definition) is 18. The van der Waals surface area contributed by atoms with Crippen LogP contribution in [-0.4, -0.2) is 189 Å². The number of aliphatic carboxylic acids is 3. The number of carboxylic acids is 3. The van der Waals surface area contributed by atoms with Gasteiger partial charge in [-0.25, -0.2) is 4.79 Å². The van der Waals surface area contributed by atoms with Gasteiger partial charge in [0.25, 0.3) is 0 Å². The van der Waals surface area contributed by atoms with Gasteiger partial charge in [-0.3, -0.25) is 67.3 Å². The lowest BCUT2D eigenvalue weighted by molar-refractivity contribution is -0.144. The van der Waals surface area contributed by atoms with Crippen LogP contribution < -0.4 is 82.3 Å². The highest BCUT2D eigenvalue weighted by Gasteiger charge is 2.38. The quantitative estimate of drug-likeness (QED) is 0.0154. The fourth-order valence-corrected chi connectivity index (χ4v) is 7.49. The van der Waals surface area contributed by atoms with Gasteiger partial charge in [-0.15, -0.1) is 0 Å². The molecule has 34 nitrogen and oxygen atoms in total. The van der Waals surface area contributed by atoms with Crippen molar-refractivity contribution in [2.45, 2.75) is 185 Å². The maximum Gasteiger partial charge on any atom is 0.326 e. The molecule has 0 aromatic rings. The van der Waals surface area contributed by atoms with Crippen LogP contribution in [0.25, 0.3) is 0 Å². The fraction of sp³-hybridized carbons (Fsp3) is 0.688. The van der Waals surface area contributed by atoms with Crippen LogP contribution in [0, 0.1) is 11.8 Å². The van der Waals surface area contributed by atoms with Crippen molar-refractivity contribution in [1.82, 2.24) is 47.9 Å². The zero-order valence-electron chi connectivity index (χ0n) is 46.8. The molecule has 0 saturated carbocycles. The number of nitrogens with zero attached hydrogens (tertiary/aromatic N) is 1. The third-order valence-corrected chi connectivity index (χ3v) is 11.9. The molecule has 0 aromatic heterocycles. The number of unbranched alkanes of at least 4 members (excludes halogenated alkanes) is 1. The van der Waals surface area contributed by atoms with Gasteiger partial charge in [0.2, 0.25) is 65.0 Å². The summed E-state index contributed by atoms with van der Waals surface area (Å²) < 4.78 is 0. The number of aliphatic imine (C=N–C) groups is 1. The number of aliphatic hydroxyl groups is 1. The molecule has 0 heterocycles. The standard InChI is InChI=1S/C48H84N16O18/c1-21(2)18-25(50)39(73)56-23(5)38(72)57-26(10-7-8-16-49)40(74)58-28(13-15-34(68)69)42(76)61-30(19-33(52)67)44(78)63-36(22(3)4)45(79)64-37(24(6)65)46(80)59-27(12-14-32(51)66)41(75)62-31(20-35(70)71)43(77)60-29(47(81)82)11-9-17-55-48(53)54/h21-31,36-37,65H,7-20,49-50H2,1-6H3,(H2,51,66)(H2,52,67)(H,56,73)(H,57,72)(H,58,74)(H,59,80)(H,60,77)(H,61,76)(H,62,75)(H,63,78)(H,64,79)(H,68,69)(H,70,71)(H,81,82)(H4,53,54,55)/t23-,24+,25-,26-,27-,28-,29-,30-,31-,36-,37-/m0/s1. The molecular weight excluding hydrogens is 1090 g/mol. The second-order valence-electron chi connectivity index (χ2n) is 20.1. The molecule has 11 amide bonds. The van der Waals surface area contributed by atoms with Crippen LogP contribution >= 0.6 is 0 Å². The summed E-state index contributed by atoms with van der Waals surface area (Å²) in [7, 11) is 0. The minimum absolute atomic E-state index is 0.0372. The van der Waals surface area contributed by atoms with E-state index in [1.807, 2.05) is 13.8 Å². The highest BCUT2D eigenvalue weighted by molar-refractivity contribution is 6.00. The van der Waals surface area contributed by atoms with Crippen molar-refractivity contribution in [2.75, 3.05) is 13.1 Å². The number of nitrogens with two attached hydrogens (primary N) is 6. The Balaban J connectivity index is 6.69. The Kier molecular flexibility index (Phi) is 33.8. The van der Waals surface area contributed by atoms with Gasteiger partial charge in [0, 0.05) is 19.4 Å². The van der Waals surface area contributed by atoms with Crippen LogP contribution in [0.5, 0.6) is 0 Å². The fourth-order valence-electron chi connectivity index (χ4n) is 7.49. The number of amides is 11. The summed E-state index contributed by atoms with van der Waals surface area (Å²) in [5.74, 6) is -18.0. The Morgan fingerprint density at radius 1 is 0.451 bits per heavy atom. The zero-order chi connectivity index (χ0) is 63.1. The number of rotatable bonds is 41. The summed E-state index contributed by atoms with van der Waals surface area (Å²) in [4.78, 5) is 185. The Hall–Kier alpha value is -8.27. The first-order valence-corrected chi connectivity index (χ1v) is 26.3. The van der Waals surface area contributed by atoms with Crippen molar-refractivity contribution in [2.24, 2.45) is 51.2 Å². The number of primary amides is 2. The van der Waals surface area contributed by atoms with E-state index in [9.17, 15) is 87.5 Å². The lowest BCUT2D eigenvalue weighted by atomic mass is 10.0. The second kappa shape index (κ2) is 37.6. The van der Waals surface area contributed by atoms with Crippen molar-refractivity contribution in [1.29, 1.82) is 0 Å². The van der Waals surface area contributed by atoms with Crippen LogP contribution in [0.3, 0.4) is 0 Å². The molecule has 25 N–H and O–H groups in total. The second-order valence-corrected chi connectivity index (χ2v) is 20.1. The highest BCUT2D eigenvalue weighted by atomic mass is 16.4. The molecular formula is C48H84N16O18. The Morgan fingerprint density at radius 2 is 0.890 bits per heavy atom. The summed E-state index contributed by atoms with van der Waals surface area (Å²) >= 11 is 0. The monoisotopic (exact) mass is 1170 g/mol. The topological polar surface area (TPSA) is 597 Å². The van der Waals surface area contributed by atoms with E-state index in [0.717, 1.165) is 6.92 Å². The summed E-state index contributed by atoms with van der Waals surface area (Å²) in [6, 6.07) is -16.4. The zero-order valence-corrected chi connectivity index (χ0v) is 46.8. The molecule has 0 saturated heterocycles. The van der Waals surface area contributed by atoms with E-state index in [2.05, 4.69) is 52.8 Å². The molecule has 34 heteroatoms. The van der Waals surface area contributed by atoms with Crippen LogP contribution in [0.2, 0.25) is 0 Å². The normalized spacial score (nSPS) is 15.1. The van der Waals surface area contributed by atoms with E-state index < -0.39 is 194 Å². The molecule has 0 rings (SSSR count). The van der Waals surface area contributed by atoms with Gasteiger partial charge in [0.15, 0.2) is 5.96 Å². The number of carbonyl (C=O) groups excluding carboxylic acids is 11. The SMILES string of the molecule is CC(C)C[C@H](N)C(=O)N[C@@H](C)C(=O)N[C@@H](CCCCN)C(=O)N[C@@H](CCC(=O)O)C(=O)N[C@@H](CC(N)=O)C(=O)N[C@H](C(=O)N[C@H](C(=O)N[C@@H](CCC(N)=O)C(=O)N[C@@H](CC(=O)O)C(=O)N[C@@H](CCCN=C(N)N)C(=O)O)[C@@H](C)O)C(C)C. The molecule has 11 atom stereocenters. The van der Waals surface area contributed by atoms with E-state index >= 15 is 0 Å². The first-order chi connectivity index (χ1) is 38.1. The highest BCUT2D eigenvalue weighted by Crippen LogP contribution is 2.11. The van der Waals surface area contributed by atoms with Gasteiger partial charge >= 0.3 is 17.9 Å². The van der Waals surface area contributed by atoms with Crippen molar-refractivity contribution < 1.29 is 87.5 Å². The van der Waals surface area contributed by atoms with Crippen molar-refractivity contribution in [3.8, 4) is 0 Å². The molecule has 0 unspecified atom stereocenters. The van der Waals surface area contributed by atoms with E-state index in [1.165, 1.54) is 20.8 Å². The van der Waals surface area contributed by atoms with Gasteiger partial charge in [-0.2, -0.15) is 0 Å². The van der Waals surface area contributed by atoms with E-state index in [-0.39, 0.29) is 50.7 Å². The molecule has 0 fully saturated rings. The summed E-state index contributed by atoms with van der Waals surface area (Å²) in [6.07, 6.45) is -5.75. The Labute approximate surface area is 472 Å². The maximum absolute atomic E-state index is 13.9. The Morgan fingerprint density at radius 3 is 1.35 bits per heavy atom. The molecule has 0 radical (unpaired) electrons. The van der Waals surface area contributed by atoms with Crippen molar-refractivity contribution in [3.63, 3.8) is 0 Å². The average molecular weight is 1170 g/mol. The molecule has 0 spiro atoms. The van der Waals surface area contributed by atoms with Gasteiger partial charge in [-0.1, -0.05) is 27.7 Å². The lowest BCUT2D eigenvalue weighted by Gasteiger charge is -2.29. The Bertz CT molecular complexity index is 2280. The summed E-state index contributed by atoms with van der Waals surface area (Å²) in [6.45, 7) is 9.01. The third-order valence-electron chi connectivity index (χ3n) is 11.9. The average Bonchev–Trinajstić information content (AvgIpc) is 3.41. The third kappa shape index (κ3) is 29.8. The minimum Gasteiger partial charge on any atom is -0.481 e. The number of nitrogens with one attached hydrogen (secondary N) is 9. The lowest BCUT2D eigenvalue weighted by Crippen LogP contribution is -2.63. The molecule has 0 aliphatic heterocycles. The van der Waals surface area contributed by atoms with E-state index in [4.69, 9.17) is 34.4 Å². The number of carboxylic acid groups (broad SMARTS) is 3. The summed E-state index contributed by atoms with van der Waals surface area (Å²) in [5.41, 5.74) is 32.8. The van der Waals surface area contributed by atoms with E-state index in [1.54, 1.807) is 0 Å². The first-order valence-electron chi connectivity index (χ1n) is 26.3. The largest absolute Gasteiger partial charge is 0.481 e. The smallest absolute Gasteiger partial charge is 0.326 e. The van der Waals surface area contributed by atoms with Crippen LogP contribution in [-0.2, 0) is 67.1 Å². The predicted octanol–water partition coefficient (Wildman–Crippen LogP) is -7.47. The van der Waals surface area contributed by atoms with Crippen molar-refractivity contribution >= 4 is 88.8 Å². The molecule has 82 heavy (non-hydrogen) atoms. The van der Waals surface area contributed by atoms with Crippen LogP contribution in [0.4, 0.5) is 0 Å². The molecule has 0 aliphatic carbocycles. The number of aliphatic hydroxyl groups excluding tert-OH is 1. The van der Waals surface area contributed by atoms with Gasteiger partial charge in [0.05, 0.1) is 25.0 Å². The van der Waals surface area contributed by atoms with Gasteiger partial charge < -0.3 is 103 Å². The maximum atomic E-state index is 13.9. The first kappa shape index (κ1) is 73.7. The van der Waals surface area contributed by atoms with E-state index in [0.29, 0.717) is 12.8 Å². The summed E-state index contributed by atoms with van der Waals surface area (Å²) in [5, 5.41) is 59.9. The molecule has 464 valence electrons. The van der Waals surface area contributed by atoms with Gasteiger partial charge in [-0.05, 0) is 83.6 Å². The number of guanidine groups is 1. The molecule has 0 aromatic carbocycles. The predicted molar refractivity (Wildman–Crippen MR) is 289 cm³/mol. The van der Waals surface area contributed by atoms with Crippen LogP contribution in [0.15, 0.2) is 4.99 Å². The van der Waals surface area contributed by atoms with Crippen LogP contribution in [0.1, 0.15) is 119 Å². The molecule has 0 bridgehead atoms. The van der Waals surface area contributed by atoms with Gasteiger partial charge in [0.1, 0.15) is 54.4 Å².